The smallest absolute Gasteiger partial charge is 0.239 e. The first-order valence-electron chi connectivity index (χ1n) is 4.85. The van der Waals surface area contributed by atoms with E-state index in [1.165, 1.54) is 0 Å². The van der Waals surface area contributed by atoms with Gasteiger partial charge in [-0.05, 0) is 24.3 Å². The number of para-hydroxylation sites is 1. The highest BCUT2D eigenvalue weighted by atomic mass is 16.5. The lowest BCUT2D eigenvalue weighted by atomic mass is 10.3. The van der Waals surface area contributed by atoms with Crippen molar-refractivity contribution < 1.29 is 4.74 Å². The molecule has 0 radical (unpaired) electrons. The van der Waals surface area contributed by atoms with Gasteiger partial charge in [0.25, 0.3) is 0 Å². The molecule has 2 aromatic rings. The summed E-state index contributed by atoms with van der Waals surface area (Å²) in [5.74, 6) is 0.710. The van der Waals surface area contributed by atoms with Gasteiger partial charge in [0.1, 0.15) is 5.69 Å². The SMILES string of the molecule is c1ccc(N2COc3ncccc32)cc1. The number of rotatable bonds is 1. The summed E-state index contributed by atoms with van der Waals surface area (Å²) in [6, 6.07) is 14.1. The number of pyridine rings is 1. The van der Waals surface area contributed by atoms with Crippen molar-refractivity contribution in [1.29, 1.82) is 0 Å². The van der Waals surface area contributed by atoms with Crippen LogP contribution in [0.5, 0.6) is 5.88 Å². The molecule has 0 atom stereocenters. The molecule has 0 saturated carbocycles. The number of hydrogen-bond acceptors (Lipinski definition) is 3. The quantitative estimate of drug-likeness (QED) is 0.704. The molecule has 0 aliphatic carbocycles. The van der Waals surface area contributed by atoms with Gasteiger partial charge in [-0.1, -0.05) is 18.2 Å². The number of anilines is 2. The average molecular weight is 198 g/mol. The molecular formula is C12H10N2O. The zero-order valence-corrected chi connectivity index (χ0v) is 8.13. The Kier molecular flexibility index (Phi) is 1.81. The summed E-state index contributed by atoms with van der Waals surface area (Å²) in [6.07, 6.45) is 1.74. The monoisotopic (exact) mass is 198 g/mol. The van der Waals surface area contributed by atoms with E-state index in [0.717, 1.165) is 11.4 Å². The van der Waals surface area contributed by atoms with Crippen molar-refractivity contribution in [2.75, 3.05) is 11.6 Å². The van der Waals surface area contributed by atoms with Crippen molar-refractivity contribution in [2.24, 2.45) is 0 Å². The molecule has 1 aromatic heterocycles. The van der Waals surface area contributed by atoms with Crippen LogP contribution in [-0.2, 0) is 0 Å². The van der Waals surface area contributed by atoms with E-state index >= 15 is 0 Å². The van der Waals surface area contributed by atoms with Crippen LogP contribution in [0.1, 0.15) is 0 Å². The molecule has 1 aliphatic rings. The third-order valence-corrected chi connectivity index (χ3v) is 2.44. The van der Waals surface area contributed by atoms with E-state index in [9.17, 15) is 0 Å². The Labute approximate surface area is 87.9 Å². The lowest BCUT2D eigenvalue weighted by Gasteiger charge is -2.15. The maximum Gasteiger partial charge on any atom is 0.239 e. The Bertz CT molecular complexity index is 470. The molecule has 15 heavy (non-hydrogen) atoms. The van der Waals surface area contributed by atoms with Crippen molar-refractivity contribution in [1.82, 2.24) is 4.98 Å². The molecule has 0 N–H and O–H groups in total. The van der Waals surface area contributed by atoms with Crippen LogP contribution >= 0.6 is 0 Å². The van der Waals surface area contributed by atoms with E-state index in [0.29, 0.717) is 12.6 Å². The summed E-state index contributed by atoms with van der Waals surface area (Å²) in [4.78, 5) is 6.27. The first kappa shape index (κ1) is 8.29. The second kappa shape index (κ2) is 3.28. The first-order chi connectivity index (χ1) is 7.45. The summed E-state index contributed by atoms with van der Waals surface area (Å²) in [7, 11) is 0. The molecule has 3 nitrogen and oxygen atoms in total. The van der Waals surface area contributed by atoms with Gasteiger partial charge in [-0.15, -0.1) is 0 Å². The van der Waals surface area contributed by atoms with E-state index in [1.807, 2.05) is 30.3 Å². The summed E-state index contributed by atoms with van der Waals surface area (Å²) in [6.45, 7) is 0.538. The van der Waals surface area contributed by atoms with Crippen LogP contribution in [0.15, 0.2) is 48.7 Å². The molecule has 1 aromatic carbocycles. The minimum Gasteiger partial charge on any atom is -0.454 e. The van der Waals surface area contributed by atoms with Crippen molar-refractivity contribution >= 4 is 11.4 Å². The molecule has 0 saturated heterocycles. The number of benzene rings is 1. The van der Waals surface area contributed by atoms with Crippen molar-refractivity contribution in [3.8, 4) is 5.88 Å². The molecule has 3 rings (SSSR count). The molecule has 0 spiro atoms. The van der Waals surface area contributed by atoms with E-state index in [1.54, 1.807) is 6.20 Å². The van der Waals surface area contributed by atoms with Gasteiger partial charge in [0.2, 0.25) is 5.88 Å². The lowest BCUT2D eigenvalue weighted by molar-refractivity contribution is 0.345. The zero-order valence-electron chi connectivity index (χ0n) is 8.13. The van der Waals surface area contributed by atoms with Crippen LogP contribution in [0.3, 0.4) is 0 Å². The van der Waals surface area contributed by atoms with Crippen molar-refractivity contribution in [3.05, 3.63) is 48.7 Å². The Balaban J connectivity index is 2.05. The normalized spacial score (nSPS) is 13.5. The zero-order chi connectivity index (χ0) is 10.1. The molecular weight excluding hydrogens is 188 g/mol. The number of nitrogens with zero attached hydrogens (tertiary/aromatic N) is 2. The third kappa shape index (κ3) is 1.32. The fraction of sp³-hybridized carbons (Fsp3) is 0.0833. The van der Waals surface area contributed by atoms with E-state index in [2.05, 4.69) is 22.0 Å². The number of aromatic nitrogens is 1. The molecule has 0 bridgehead atoms. The highest BCUT2D eigenvalue weighted by Gasteiger charge is 2.21. The number of hydrogen-bond donors (Lipinski definition) is 0. The van der Waals surface area contributed by atoms with E-state index in [4.69, 9.17) is 4.74 Å². The largest absolute Gasteiger partial charge is 0.454 e. The van der Waals surface area contributed by atoms with Crippen LogP contribution < -0.4 is 9.64 Å². The summed E-state index contributed by atoms with van der Waals surface area (Å²) >= 11 is 0. The summed E-state index contributed by atoms with van der Waals surface area (Å²) < 4.78 is 5.48. The van der Waals surface area contributed by atoms with Gasteiger partial charge in [-0.3, -0.25) is 0 Å². The molecule has 0 unspecified atom stereocenters. The van der Waals surface area contributed by atoms with E-state index < -0.39 is 0 Å². The second-order valence-electron chi connectivity index (χ2n) is 3.36. The molecule has 74 valence electrons. The lowest BCUT2D eigenvalue weighted by Crippen LogP contribution is -2.14. The molecule has 2 heterocycles. The fourth-order valence-electron chi connectivity index (χ4n) is 1.72. The highest BCUT2D eigenvalue weighted by molar-refractivity contribution is 5.69. The van der Waals surface area contributed by atoms with Crippen molar-refractivity contribution in [2.45, 2.75) is 0 Å². The van der Waals surface area contributed by atoms with Crippen LogP contribution in [0.4, 0.5) is 11.4 Å². The Morgan fingerprint density at radius 3 is 2.80 bits per heavy atom. The fourth-order valence-corrected chi connectivity index (χ4v) is 1.72. The predicted octanol–water partition coefficient (Wildman–Crippen LogP) is 2.57. The van der Waals surface area contributed by atoms with Gasteiger partial charge in [-0.25, -0.2) is 4.98 Å². The highest BCUT2D eigenvalue weighted by Crippen LogP contribution is 2.36. The van der Waals surface area contributed by atoms with Crippen LogP contribution in [0.2, 0.25) is 0 Å². The number of fused-ring (bicyclic) bond motifs is 1. The standard InChI is InChI=1S/C12H10N2O/c1-2-5-10(6-3-1)14-9-15-12-11(14)7-4-8-13-12/h1-8H,9H2. The van der Waals surface area contributed by atoms with Crippen LogP contribution in [0.25, 0.3) is 0 Å². The third-order valence-electron chi connectivity index (χ3n) is 2.44. The maximum atomic E-state index is 5.48. The Morgan fingerprint density at radius 2 is 1.93 bits per heavy atom. The summed E-state index contributed by atoms with van der Waals surface area (Å²) in [5.41, 5.74) is 2.16. The maximum absolute atomic E-state index is 5.48. The summed E-state index contributed by atoms with van der Waals surface area (Å²) in [5, 5.41) is 0. The van der Waals surface area contributed by atoms with Gasteiger partial charge in [-0.2, -0.15) is 0 Å². The van der Waals surface area contributed by atoms with Crippen molar-refractivity contribution in [3.63, 3.8) is 0 Å². The molecule has 1 aliphatic heterocycles. The Morgan fingerprint density at radius 1 is 1.07 bits per heavy atom. The van der Waals surface area contributed by atoms with Gasteiger partial charge < -0.3 is 9.64 Å². The van der Waals surface area contributed by atoms with Gasteiger partial charge in [0, 0.05) is 11.9 Å². The van der Waals surface area contributed by atoms with Gasteiger partial charge in [0.15, 0.2) is 6.73 Å². The van der Waals surface area contributed by atoms with Crippen LogP contribution in [0, 0.1) is 0 Å². The first-order valence-corrected chi connectivity index (χ1v) is 4.85. The van der Waals surface area contributed by atoms with Gasteiger partial charge >= 0.3 is 0 Å². The van der Waals surface area contributed by atoms with E-state index in [-0.39, 0.29) is 0 Å². The minimum atomic E-state index is 0.538. The average Bonchev–Trinajstić information content (AvgIpc) is 2.74. The minimum absolute atomic E-state index is 0.538. The van der Waals surface area contributed by atoms with Gasteiger partial charge in [0.05, 0.1) is 0 Å². The predicted molar refractivity (Wildman–Crippen MR) is 58.3 cm³/mol. The molecule has 0 amide bonds. The molecule has 0 fully saturated rings. The second-order valence-corrected chi connectivity index (χ2v) is 3.36. The number of ether oxygens (including phenoxy) is 1. The molecule has 3 heteroatoms. The Hall–Kier alpha value is -2.03. The topological polar surface area (TPSA) is 25.4 Å². The van der Waals surface area contributed by atoms with Crippen LogP contribution in [-0.4, -0.2) is 11.7 Å².